The second-order valence-electron chi connectivity index (χ2n) is 6.00. The van der Waals surface area contributed by atoms with Crippen LogP contribution in [0.4, 0.5) is 0 Å². The van der Waals surface area contributed by atoms with E-state index in [0.29, 0.717) is 16.7 Å². The molecule has 0 bridgehead atoms. The van der Waals surface area contributed by atoms with E-state index in [1.807, 2.05) is 48.5 Å². The topological polar surface area (TPSA) is 81.3 Å². The van der Waals surface area contributed by atoms with Crippen LogP contribution in [0.2, 0.25) is 0 Å². The first-order valence-electron chi connectivity index (χ1n) is 8.34. The summed E-state index contributed by atoms with van der Waals surface area (Å²) in [5.74, 6) is 1.19. The molecule has 3 heterocycles. The van der Waals surface area contributed by atoms with E-state index in [0.717, 1.165) is 22.3 Å². The fourth-order valence-electron chi connectivity index (χ4n) is 2.92. The summed E-state index contributed by atoms with van der Waals surface area (Å²) in [5.41, 5.74) is 2.27. The third-order valence-electron chi connectivity index (χ3n) is 4.21. The number of furan rings is 1. The molecule has 0 atom stereocenters. The monoisotopic (exact) mass is 355 g/mol. The first-order valence-corrected chi connectivity index (χ1v) is 8.34. The molecule has 0 saturated heterocycles. The average molecular weight is 355 g/mol. The SMILES string of the molecule is Oc1nc(Oc2ccc3oc(-c4ccccc4)cc3c2)nc2cnccc12. The Morgan fingerprint density at radius 1 is 0.926 bits per heavy atom. The molecule has 0 aliphatic carbocycles. The molecule has 2 aromatic carbocycles. The summed E-state index contributed by atoms with van der Waals surface area (Å²) >= 11 is 0. The molecule has 6 nitrogen and oxygen atoms in total. The van der Waals surface area contributed by atoms with Gasteiger partial charge in [0.2, 0.25) is 5.88 Å². The number of hydrogen-bond donors (Lipinski definition) is 1. The van der Waals surface area contributed by atoms with E-state index in [-0.39, 0.29) is 11.9 Å². The van der Waals surface area contributed by atoms with Gasteiger partial charge in [-0.2, -0.15) is 9.97 Å². The lowest BCUT2D eigenvalue weighted by molar-refractivity contribution is 0.412. The van der Waals surface area contributed by atoms with Crippen molar-refractivity contribution in [3.63, 3.8) is 0 Å². The van der Waals surface area contributed by atoms with Crippen LogP contribution >= 0.6 is 0 Å². The van der Waals surface area contributed by atoms with Crippen molar-refractivity contribution in [1.29, 1.82) is 0 Å². The maximum Gasteiger partial charge on any atom is 0.325 e. The van der Waals surface area contributed by atoms with Gasteiger partial charge in [0.15, 0.2) is 0 Å². The minimum absolute atomic E-state index is 0.0547. The third kappa shape index (κ3) is 2.83. The van der Waals surface area contributed by atoms with Crippen LogP contribution in [-0.2, 0) is 0 Å². The molecule has 0 fully saturated rings. The van der Waals surface area contributed by atoms with Crippen molar-refractivity contribution >= 4 is 21.9 Å². The molecule has 3 aromatic heterocycles. The van der Waals surface area contributed by atoms with Gasteiger partial charge in [-0.15, -0.1) is 0 Å². The quantitative estimate of drug-likeness (QED) is 0.494. The second kappa shape index (κ2) is 6.10. The molecular weight excluding hydrogens is 342 g/mol. The van der Waals surface area contributed by atoms with Crippen molar-refractivity contribution in [2.45, 2.75) is 0 Å². The molecule has 0 aliphatic rings. The lowest BCUT2D eigenvalue weighted by atomic mass is 10.1. The van der Waals surface area contributed by atoms with Gasteiger partial charge in [-0.1, -0.05) is 30.3 Å². The van der Waals surface area contributed by atoms with Crippen molar-refractivity contribution in [1.82, 2.24) is 15.0 Å². The first kappa shape index (κ1) is 15.3. The number of ether oxygens (including phenoxy) is 1. The zero-order valence-corrected chi connectivity index (χ0v) is 14.0. The van der Waals surface area contributed by atoms with Gasteiger partial charge in [0, 0.05) is 17.1 Å². The standard InChI is InChI=1S/C21H13N3O3/c25-20-16-8-9-22-12-17(16)23-21(24-20)26-15-6-7-18-14(10-15)11-19(27-18)13-4-2-1-3-5-13/h1-12H,(H,23,24,25). The number of rotatable bonds is 3. The zero-order chi connectivity index (χ0) is 18.2. The largest absolute Gasteiger partial charge is 0.493 e. The molecule has 1 N–H and O–H groups in total. The Morgan fingerprint density at radius 3 is 2.70 bits per heavy atom. The highest BCUT2D eigenvalue weighted by Gasteiger charge is 2.11. The highest BCUT2D eigenvalue weighted by molar-refractivity contribution is 5.84. The molecule has 0 unspecified atom stereocenters. The van der Waals surface area contributed by atoms with Crippen molar-refractivity contribution < 1.29 is 14.3 Å². The molecule has 0 amide bonds. The molecule has 0 spiro atoms. The molecule has 0 aliphatic heterocycles. The normalized spacial score (nSPS) is 11.1. The zero-order valence-electron chi connectivity index (χ0n) is 14.0. The molecule has 0 saturated carbocycles. The molecule has 27 heavy (non-hydrogen) atoms. The molecule has 5 aromatic rings. The number of hydrogen-bond acceptors (Lipinski definition) is 6. The van der Waals surface area contributed by atoms with Crippen molar-refractivity contribution in [3.8, 4) is 29.0 Å². The minimum atomic E-state index is -0.145. The van der Waals surface area contributed by atoms with E-state index in [2.05, 4.69) is 15.0 Å². The van der Waals surface area contributed by atoms with E-state index in [4.69, 9.17) is 9.15 Å². The Balaban J connectivity index is 1.50. The van der Waals surface area contributed by atoms with Crippen LogP contribution in [0.15, 0.2) is 77.5 Å². The summed E-state index contributed by atoms with van der Waals surface area (Å²) < 4.78 is 11.6. The second-order valence-corrected chi connectivity index (χ2v) is 6.00. The smallest absolute Gasteiger partial charge is 0.325 e. The van der Waals surface area contributed by atoms with E-state index in [9.17, 15) is 5.11 Å². The fourth-order valence-corrected chi connectivity index (χ4v) is 2.92. The molecular formula is C21H13N3O3. The Labute approximate surface area is 153 Å². The number of nitrogens with zero attached hydrogens (tertiary/aromatic N) is 3. The van der Waals surface area contributed by atoms with Crippen LogP contribution < -0.4 is 4.74 Å². The highest BCUT2D eigenvalue weighted by atomic mass is 16.5. The maximum absolute atomic E-state index is 10.1. The van der Waals surface area contributed by atoms with E-state index in [1.54, 1.807) is 24.5 Å². The Morgan fingerprint density at radius 2 is 1.81 bits per heavy atom. The fraction of sp³-hybridized carbons (Fsp3) is 0. The molecule has 0 radical (unpaired) electrons. The van der Waals surface area contributed by atoms with Crippen molar-refractivity contribution in [2.75, 3.05) is 0 Å². The van der Waals surface area contributed by atoms with Crippen LogP contribution in [-0.4, -0.2) is 20.1 Å². The van der Waals surface area contributed by atoms with Crippen molar-refractivity contribution in [2.24, 2.45) is 0 Å². The van der Waals surface area contributed by atoms with Crippen LogP contribution in [0, 0.1) is 0 Å². The van der Waals surface area contributed by atoms with Crippen LogP contribution in [0.5, 0.6) is 17.6 Å². The van der Waals surface area contributed by atoms with Gasteiger partial charge in [0.05, 0.1) is 17.1 Å². The number of fused-ring (bicyclic) bond motifs is 2. The van der Waals surface area contributed by atoms with Gasteiger partial charge in [-0.3, -0.25) is 4.98 Å². The Bertz CT molecular complexity index is 1270. The summed E-state index contributed by atoms with van der Waals surface area (Å²) in [6.07, 6.45) is 3.12. The van der Waals surface area contributed by atoms with Crippen molar-refractivity contribution in [3.05, 3.63) is 73.1 Å². The average Bonchev–Trinajstić information content (AvgIpc) is 3.12. The predicted octanol–water partition coefficient (Wildman–Crippen LogP) is 4.94. The van der Waals surface area contributed by atoms with Gasteiger partial charge in [-0.05, 0) is 30.3 Å². The number of aromatic hydroxyl groups is 1. The summed E-state index contributed by atoms with van der Waals surface area (Å²) in [6, 6.07) is 19.0. The molecule has 5 rings (SSSR count). The van der Waals surface area contributed by atoms with E-state index < -0.39 is 0 Å². The summed E-state index contributed by atoms with van der Waals surface area (Å²) in [6.45, 7) is 0. The Kier molecular flexibility index (Phi) is 3.47. The lowest BCUT2D eigenvalue weighted by Gasteiger charge is -2.05. The summed E-state index contributed by atoms with van der Waals surface area (Å²) in [5, 5.41) is 11.5. The van der Waals surface area contributed by atoms with Gasteiger partial charge in [0.25, 0.3) is 0 Å². The Hall–Kier alpha value is -3.93. The van der Waals surface area contributed by atoms with Crippen LogP contribution in [0.25, 0.3) is 33.2 Å². The van der Waals surface area contributed by atoms with Gasteiger partial charge in [0.1, 0.15) is 17.1 Å². The minimum Gasteiger partial charge on any atom is -0.493 e. The number of pyridine rings is 1. The van der Waals surface area contributed by atoms with Gasteiger partial charge < -0.3 is 14.3 Å². The first-order chi connectivity index (χ1) is 13.3. The number of aromatic nitrogens is 3. The van der Waals surface area contributed by atoms with Crippen LogP contribution in [0.1, 0.15) is 0 Å². The molecule has 130 valence electrons. The maximum atomic E-state index is 10.1. The van der Waals surface area contributed by atoms with E-state index >= 15 is 0 Å². The molecule has 6 heteroatoms. The van der Waals surface area contributed by atoms with E-state index in [1.165, 1.54) is 0 Å². The van der Waals surface area contributed by atoms with Gasteiger partial charge in [-0.25, -0.2) is 0 Å². The summed E-state index contributed by atoms with van der Waals surface area (Å²) in [4.78, 5) is 12.3. The van der Waals surface area contributed by atoms with Crippen LogP contribution in [0.3, 0.4) is 0 Å². The lowest BCUT2D eigenvalue weighted by Crippen LogP contribution is -1.93. The highest BCUT2D eigenvalue weighted by Crippen LogP contribution is 2.32. The number of benzene rings is 2. The van der Waals surface area contributed by atoms with Gasteiger partial charge >= 0.3 is 6.01 Å². The predicted molar refractivity (Wildman–Crippen MR) is 101 cm³/mol. The third-order valence-corrected chi connectivity index (χ3v) is 4.21. The summed E-state index contributed by atoms with van der Waals surface area (Å²) in [7, 11) is 0.